The van der Waals surface area contributed by atoms with Gasteiger partial charge in [-0.05, 0) is 25.2 Å². The number of hydrogen-bond donors (Lipinski definition) is 1. The number of halogens is 1. The number of carbonyl (C=O) groups excluding carboxylic acids is 1. The molecule has 1 saturated heterocycles. The fourth-order valence-electron chi connectivity index (χ4n) is 3.03. The van der Waals surface area contributed by atoms with E-state index in [1.807, 2.05) is 30.1 Å². The molecule has 1 aliphatic rings. The number of amides is 1. The van der Waals surface area contributed by atoms with Crippen molar-refractivity contribution in [3.63, 3.8) is 0 Å². The summed E-state index contributed by atoms with van der Waals surface area (Å²) in [4.78, 5) is 18.6. The SMILES string of the molecule is CNCCC(=O)N1CCN(Cc2ccc(-c3ccccc3F)s2)CC1. The number of carbonyl (C=O) groups is 1. The maximum Gasteiger partial charge on any atom is 0.223 e. The second-order valence-electron chi connectivity index (χ2n) is 6.26. The van der Waals surface area contributed by atoms with Gasteiger partial charge in [0.15, 0.2) is 0 Å². The zero-order valence-corrected chi connectivity index (χ0v) is 15.3. The Labute approximate surface area is 152 Å². The van der Waals surface area contributed by atoms with Gasteiger partial charge in [-0.15, -0.1) is 11.3 Å². The van der Waals surface area contributed by atoms with Crippen LogP contribution in [0.2, 0.25) is 0 Å². The summed E-state index contributed by atoms with van der Waals surface area (Å²) in [6, 6.07) is 11.0. The van der Waals surface area contributed by atoms with Crippen molar-refractivity contribution in [2.24, 2.45) is 0 Å². The molecule has 4 nitrogen and oxygen atoms in total. The Balaban J connectivity index is 1.53. The first-order valence-electron chi connectivity index (χ1n) is 8.65. The summed E-state index contributed by atoms with van der Waals surface area (Å²) < 4.78 is 13.9. The third-order valence-corrected chi connectivity index (χ3v) is 5.60. The van der Waals surface area contributed by atoms with E-state index in [9.17, 15) is 9.18 Å². The standard InChI is InChI=1S/C19H24FN3OS/c1-21-9-8-19(24)23-12-10-22(11-13-23)14-15-6-7-18(25-15)16-4-2-3-5-17(16)20/h2-7,21H,8-14H2,1H3. The normalized spacial score (nSPS) is 15.5. The minimum Gasteiger partial charge on any atom is -0.340 e. The summed E-state index contributed by atoms with van der Waals surface area (Å²) in [5.74, 6) is 0.0524. The number of thiophene rings is 1. The topological polar surface area (TPSA) is 35.6 Å². The molecule has 0 unspecified atom stereocenters. The molecule has 25 heavy (non-hydrogen) atoms. The average Bonchev–Trinajstić information content (AvgIpc) is 3.09. The lowest BCUT2D eigenvalue weighted by molar-refractivity contribution is -0.132. The average molecular weight is 361 g/mol. The van der Waals surface area contributed by atoms with Gasteiger partial charge in [-0.1, -0.05) is 18.2 Å². The highest BCUT2D eigenvalue weighted by Gasteiger charge is 2.21. The van der Waals surface area contributed by atoms with Gasteiger partial charge < -0.3 is 10.2 Å². The Morgan fingerprint density at radius 2 is 1.92 bits per heavy atom. The fourth-order valence-corrected chi connectivity index (χ4v) is 4.11. The van der Waals surface area contributed by atoms with Gasteiger partial charge in [0, 0.05) is 61.0 Å². The smallest absolute Gasteiger partial charge is 0.223 e. The maximum atomic E-state index is 13.9. The molecule has 6 heteroatoms. The zero-order chi connectivity index (χ0) is 17.6. The molecule has 1 N–H and O–H groups in total. The van der Waals surface area contributed by atoms with Crippen LogP contribution in [0, 0.1) is 5.82 Å². The van der Waals surface area contributed by atoms with Gasteiger partial charge >= 0.3 is 0 Å². The number of hydrogen-bond acceptors (Lipinski definition) is 4. The van der Waals surface area contributed by atoms with Crippen molar-refractivity contribution >= 4 is 17.2 Å². The highest BCUT2D eigenvalue weighted by Crippen LogP contribution is 2.30. The van der Waals surface area contributed by atoms with Gasteiger partial charge in [0.05, 0.1) is 0 Å². The molecule has 0 radical (unpaired) electrons. The molecule has 0 aliphatic carbocycles. The van der Waals surface area contributed by atoms with Crippen molar-refractivity contribution in [1.82, 2.24) is 15.1 Å². The molecule has 1 fully saturated rings. The van der Waals surface area contributed by atoms with E-state index in [-0.39, 0.29) is 11.7 Å². The van der Waals surface area contributed by atoms with Gasteiger partial charge in [0.2, 0.25) is 5.91 Å². The van der Waals surface area contributed by atoms with E-state index in [1.54, 1.807) is 17.4 Å². The van der Waals surface area contributed by atoms with E-state index in [0.29, 0.717) is 12.0 Å². The Morgan fingerprint density at radius 1 is 1.16 bits per heavy atom. The van der Waals surface area contributed by atoms with Gasteiger partial charge in [-0.2, -0.15) is 0 Å². The van der Waals surface area contributed by atoms with Gasteiger partial charge in [0.1, 0.15) is 5.82 Å². The molecule has 1 amide bonds. The second-order valence-corrected chi connectivity index (χ2v) is 7.42. The Kier molecular flexibility index (Phi) is 6.18. The summed E-state index contributed by atoms with van der Waals surface area (Å²) in [5.41, 5.74) is 0.665. The van der Waals surface area contributed by atoms with Crippen molar-refractivity contribution in [2.45, 2.75) is 13.0 Å². The molecule has 2 aromatic rings. The van der Waals surface area contributed by atoms with Crippen molar-refractivity contribution in [3.05, 3.63) is 47.1 Å². The highest BCUT2D eigenvalue weighted by atomic mass is 32.1. The molecule has 0 atom stereocenters. The van der Waals surface area contributed by atoms with E-state index >= 15 is 0 Å². The second kappa shape index (κ2) is 8.56. The van der Waals surface area contributed by atoms with Crippen LogP contribution in [0.1, 0.15) is 11.3 Å². The largest absolute Gasteiger partial charge is 0.340 e. The Morgan fingerprint density at radius 3 is 2.64 bits per heavy atom. The minimum absolute atomic E-state index is 0.176. The van der Waals surface area contributed by atoms with Gasteiger partial charge in [-0.25, -0.2) is 4.39 Å². The molecule has 3 rings (SSSR count). The molecular formula is C19H24FN3OS. The predicted octanol–water partition coefficient (Wildman–Crippen LogP) is 2.81. The summed E-state index contributed by atoms with van der Waals surface area (Å²) in [6.07, 6.45) is 0.563. The maximum absolute atomic E-state index is 13.9. The molecule has 1 aliphatic heterocycles. The summed E-state index contributed by atoms with van der Waals surface area (Å²) in [7, 11) is 1.86. The first-order chi connectivity index (χ1) is 12.2. The summed E-state index contributed by atoms with van der Waals surface area (Å²) >= 11 is 1.64. The first-order valence-corrected chi connectivity index (χ1v) is 9.47. The minimum atomic E-state index is -0.176. The van der Waals surface area contributed by atoms with Crippen molar-refractivity contribution in [3.8, 4) is 10.4 Å². The van der Waals surface area contributed by atoms with E-state index in [2.05, 4.69) is 16.3 Å². The number of nitrogens with zero attached hydrogens (tertiary/aromatic N) is 2. The highest BCUT2D eigenvalue weighted by molar-refractivity contribution is 7.15. The van der Waals surface area contributed by atoms with Gasteiger partial charge in [-0.3, -0.25) is 9.69 Å². The molecule has 2 heterocycles. The van der Waals surface area contributed by atoms with Crippen LogP contribution in [0.5, 0.6) is 0 Å². The molecule has 0 spiro atoms. The van der Waals surface area contributed by atoms with E-state index in [1.165, 1.54) is 10.9 Å². The summed E-state index contributed by atoms with van der Waals surface area (Å²) in [5, 5.41) is 3.02. The molecular weight excluding hydrogens is 337 g/mol. The van der Waals surface area contributed by atoms with E-state index < -0.39 is 0 Å². The Hall–Kier alpha value is -1.76. The van der Waals surface area contributed by atoms with Crippen LogP contribution in [-0.4, -0.2) is 55.5 Å². The van der Waals surface area contributed by atoms with Crippen LogP contribution in [0.3, 0.4) is 0 Å². The number of benzene rings is 1. The van der Waals surface area contributed by atoms with Gasteiger partial charge in [0.25, 0.3) is 0 Å². The molecule has 0 saturated carbocycles. The van der Waals surface area contributed by atoms with Crippen molar-refractivity contribution in [1.29, 1.82) is 0 Å². The van der Waals surface area contributed by atoms with E-state index in [4.69, 9.17) is 0 Å². The van der Waals surface area contributed by atoms with Crippen LogP contribution in [0.25, 0.3) is 10.4 Å². The van der Waals surface area contributed by atoms with Crippen LogP contribution >= 0.6 is 11.3 Å². The first kappa shape index (κ1) is 18.0. The third kappa shape index (κ3) is 4.66. The number of rotatable bonds is 6. The molecule has 1 aromatic carbocycles. The molecule has 1 aromatic heterocycles. The molecule has 0 bridgehead atoms. The molecule has 134 valence electrons. The van der Waals surface area contributed by atoms with Crippen LogP contribution in [0.4, 0.5) is 4.39 Å². The number of nitrogens with one attached hydrogen (secondary N) is 1. The van der Waals surface area contributed by atoms with Crippen molar-refractivity contribution in [2.75, 3.05) is 39.8 Å². The summed E-state index contributed by atoms with van der Waals surface area (Å²) in [6.45, 7) is 4.93. The predicted molar refractivity (Wildman–Crippen MR) is 100 cm³/mol. The fraction of sp³-hybridized carbons (Fsp3) is 0.421. The van der Waals surface area contributed by atoms with Crippen molar-refractivity contribution < 1.29 is 9.18 Å². The van der Waals surface area contributed by atoms with Crippen LogP contribution in [0.15, 0.2) is 36.4 Å². The lowest BCUT2D eigenvalue weighted by Gasteiger charge is -2.34. The third-order valence-electron chi connectivity index (χ3n) is 4.49. The zero-order valence-electron chi connectivity index (χ0n) is 14.5. The van der Waals surface area contributed by atoms with Crippen LogP contribution < -0.4 is 5.32 Å². The lowest BCUT2D eigenvalue weighted by Crippen LogP contribution is -2.48. The van der Waals surface area contributed by atoms with Crippen LogP contribution in [-0.2, 0) is 11.3 Å². The quantitative estimate of drug-likeness (QED) is 0.859. The van der Waals surface area contributed by atoms with E-state index in [0.717, 1.165) is 44.1 Å². The Bertz CT molecular complexity index is 710. The monoisotopic (exact) mass is 361 g/mol. The lowest BCUT2D eigenvalue weighted by atomic mass is 10.2. The number of piperazine rings is 1.